The molecule has 0 saturated heterocycles. The molecule has 2 N–H and O–H groups in total. The fourth-order valence-electron chi connectivity index (χ4n) is 2.81. The van der Waals surface area contributed by atoms with Gasteiger partial charge in [0.1, 0.15) is 17.2 Å². The summed E-state index contributed by atoms with van der Waals surface area (Å²) >= 11 is 12.1. The third kappa shape index (κ3) is 5.84. The third-order valence-corrected chi connectivity index (χ3v) is 4.86. The molecule has 0 aliphatic carbocycles. The highest BCUT2D eigenvalue weighted by molar-refractivity contribution is 6.32. The van der Waals surface area contributed by atoms with Gasteiger partial charge in [-0.1, -0.05) is 41.4 Å². The monoisotopic (exact) mass is 474 g/mol. The number of ether oxygens (including phenoxy) is 3. The van der Waals surface area contributed by atoms with Gasteiger partial charge in [-0.15, -0.1) is 0 Å². The summed E-state index contributed by atoms with van der Waals surface area (Å²) in [6.45, 7) is -0.360. The maximum absolute atomic E-state index is 12.7. The largest absolute Gasteiger partial charge is 0.495 e. The number of hydrogen-bond acceptors (Lipinski definition) is 5. The highest BCUT2D eigenvalue weighted by atomic mass is 35.5. The molecule has 0 fully saturated rings. The molecule has 9 heteroatoms. The van der Waals surface area contributed by atoms with Crippen molar-refractivity contribution in [3.8, 4) is 17.2 Å². The minimum atomic E-state index is -0.475. The summed E-state index contributed by atoms with van der Waals surface area (Å²) in [6.07, 6.45) is 0. The van der Waals surface area contributed by atoms with Crippen LogP contribution in [0.5, 0.6) is 17.2 Å². The molecule has 3 rings (SSSR count). The van der Waals surface area contributed by atoms with Crippen LogP contribution in [0.4, 0.5) is 11.4 Å². The van der Waals surface area contributed by atoms with Crippen molar-refractivity contribution >= 4 is 46.4 Å². The Bertz CT molecular complexity index is 1120. The first-order chi connectivity index (χ1) is 15.4. The van der Waals surface area contributed by atoms with Crippen molar-refractivity contribution in [1.29, 1.82) is 0 Å². The van der Waals surface area contributed by atoms with Gasteiger partial charge in [0.05, 0.1) is 30.5 Å². The fraction of sp³-hybridized carbons (Fsp3) is 0.130. The molecule has 0 aliphatic heterocycles. The van der Waals surface area contributed by atoms with Gasteiger partial charge in [-0.25, -0.2) is 0 Å². The Morgan fingerprint density at radius 2 is 1.56 bits per heavy atom. The molecule has 0 atom stereocenters. The molecule has 0 bridgehead atoms. The lowest BCUT2D eigenvalue weighted by atomic mass is 10.2. The molecule has 3 aromatic carbocycles. The van der Waals surface area contributed by atoms with Crippen LogP contribution in [0, 0.1) is 0 Å². The minimum Gasteiger partial charge on any atom is -0.495 e. The van der Waals surface area contributed by atoms with Crippen molar-refractivity contribution in [3.63, 3.8) is 0 Å². The average Bonchev–Trinajstić information content (AvgIpc) is 2.79. The molecule has 2 amide bonds. The summed E-state index contributed by atoms with van der Waals surface area (Å²) in [5, 5.41) is 6.15. The van der Waals surface area contributed by atoms with Gasteiger partial charge in [-0.3, -0.25) is 9.59 Å². The predicted octanol–water partition coefficient (Wildman–Crippen LogP) is 5.28. The number of nitrogens with one attached hydrogen (secondary N) is 2. The molecule has 166 valence electrons. The number of methoxy groups -OCH3 is 2. The molecule has 0 aliphatic rings. The van der Waals surface area contributed by atoms with Crippen LogP contribution in [0.15, 0.2) is 60.7 Å². The van der Waals surface area contributed by atoms with Crippen molar-refractivity contribution in [2.45, 2.75) is 0 Å². The second-order valence-electron chi connectivity index (χ2n) is 6.48. The Kier molecular flexibility index (Phi) is 7.81. The van der Waals surface area contributed by atoms with E-state index in [1.165, 1.54) is 32.4 Å². The fourth-order valence-corrected chi connectivity index (χ4v) is 3.22. The summed E-state index contributed by atoms with van der Waals surface area (Å²) in [5.41, 5.74) is 1.17. The number of amides is 2. The standard InChI is InChI=1S/C23H20Cl2N2O5/c1-30-20-12-18(21(31-2)11-17(20)25)27-22(28)13-32-19-9-8-14(24)10-16(19)23(29)26-15-6-4-3-5-7-15/h3-12H,13H2,1-2H3,(H,26,29)(H,27,28). The van der Waals surface area contributed by atoms with Crippen molar-refractivity contribution in [1.82, 2.24) is 0 Å². The van der Waals surface area contributed by atoms with Crippen LogP contribution in [0.3, 0.4) is 0 Å². The third-order valence-electron chi connectivity index (χ3n) is 4.32. The van der Waals surface area contributed by atoms with Gasteiger partial charge >= 0.3 is 0 Å². The molecule has 0 radical (unpaired) electrons. The van der Waals surface area contributed by atoms with Gasteiger partial charge in [0, 0.05) is 22.8 Å². The molecular weight excluding hydrogens is 455 g/mol. The van der Waals surface area contributed by atoms with Gasteiger partial charge < -0.3 is 24.8 Å². The molecule has 32 heavy (non-hydrogen) atoms. The van der Waals surface area contributed by atoms with E-state index >= 15 is 0 Å². The molecule has 0 saturated carbocycles. The van der Waals surface area contributed by atoms with Crippen molar-refractivity contribution in [2.75, 3.05) is 31.5 Å². The number of hydrogen-bond donors (Lipinski definition) is 2. The first-order valence-electron chi connectivity index (χ1n) is 9.41. The van der Waals surface area contributed by atoms with Crippen LogP contribution in [-0.2, 0) is 4.79 Å². The van der Waals surface area contributed by atoms with E-state index in [0.29, 0.717) is 32.9 Å². The summed E-state index contributed by atoms with van der Waals surface area (Å²) < 4.78 is 16.0. The maximum atomic E-state index is 12.7. The zero-order chi connectivity index (χ0) is 23.1. The predicted molar refractivity (Wildman–Crippen MR) is 125 cm³/mol. The lowest BCUT2D eigenvalue weighted by Gasteiger charge is -2.15. The minimum absolute atomic E-state index is 0.194. The average molecular weight is 475 g/mol. The Labute approximate surface area is 195 Å². The summed E-state index contributed by atoms with van der Waals surface area (Å²) in [4.78, 5) is 25.2. The maximum Gasteiger partial charge on any atom is 0.262 e. The number of halogens is 2. The first-order valence-corrected chi connectivity index (χ1v) is 10.2. The van der Waals surface area contributed by atoms with Gasteiger partial charge in [0.25, 0.3) is 11.8 Å². The SMILES string of the molecule is COc1cc(NC(=O)COc2ccc(Cl)cc2C(=O)Nc2ccccc2)c(OC)cc1Cl. The van der Waals surface area contributed by atoms with Crippen LogP contribution >= 0.6 is 23.2 Å². The second-order valence-corrected chi connectivity index (χ2v) is 7.33. The molecule has 0 heterocycles. The Hall–Kier alpha value is -3.42. The van der Waals surface area contributed by atoms with E-state index in [9.17, 15) is 9.59 Å². The van der Waals surface area contributed by atoms with Crippen LogP contribution in [0.2, 0.25) is 10.0 Å². The lowest BCUT2D eigenvalue weighted by Crippen LogP contribution is -2.22. The topological polar surface area (TPSA) is 85.9 Å². The zero-order valence-corrected chi connectivity index (χ0v) is 18.8. The number of para-hydroxylation sites is 1. The van der Waals surface area contributed by atoms with E-state index in [1.54, 1.807) is 36.4 Å². The molecule has 0 aromatic heterocycles. The summed E-state index contributed by atoms with van der Waals surface area (Å²) in [7, 11) is 2.92. The molecule has 0 spiro atoms. The lowest BCUT2D eigenvalue weighted by molar-refractivity contribution is -0.118. The second kappa shape index (κ2) is 10.7. The number of carbonyl (C=O) groups excluding carboxylic acids is 2. The summed E-state index contributed by atoms with van der Waals surface area (Å²) in [5.74, 6) is 0.0497. The smallest absolute Gasteiger partial charge is 0.262 e. The molecule has 0 unspecified atom stereocenters. The van der Waals surface area contributed by atoms with Crippen molar-refractivity contribution in [2.24, 2.45) is 0 Å². The van der Waals surface area contributed by atoms with Gasteiger partial charge in [0.2, 0.25) is 0 Å². The number of carbonyl (C=O) groups is 2. The summed E-state index contributed by atoms with van der Waals surface area (Å²) in [6, 6.07) is 16.6. The molecular formula is C23H20Cl2N2O5. The van der Waals surface area contributed by atoms with Gasteiger partial charge in [-0.05, 0) is 30.3 Å². The van der Waals surface area contributed by atoms with E-state index in [4.69, 9.17) is 37.4 Å². The normalized spacial score (nSPS) is 10.2. The van der Waals surface area contributed by atoms with Crippen LogP contribution < -0.4 is 24.8 Å². The first kappa shape index (κ1) is 23.2. The molecule has 7 nitrogen and oxygen atoms in total. The van der Waals surface area contributed by atoms with Crippen LogP contribution in [0.25, 0.3) is 0 Å². The molecule has 3 aromatic rings. The number of anilines is 2. The quantitative estimate of drug-likeness (QED) is 0.463. The van der Waals surface area contributed by atoms with E-state index in [-0.39, 0.29) is 17.9 Å². The van der Waals surface area contributed by atoms with E-state index in [0.717, 1.165) is 0 Å². The Balaban J connectivity index is 1.72. The van der Waals surface area contributed by atoms with E-state index < -0.39 is 11.8 Å². The highest BCUT2D eigenvalue weighted by Gasteiger charge is 2.17. The number of benzene rings is 3. The van der Waals surface area contributed by atoms with E-state index in [1.807, 2.05) is 6.07 Å². The van der Waals surface area contributed by atoms with Crippen LogP contribution in [0.1, 0.15) is 10.4 Å². The van der Waals surface area contributed by atoms with Gasteiger partial charge in [-0.2, -0.15) is 0 Å². The van der Waals surface area contributed by atoms with E-state index in [2.05, 4.69) is 10.6 Å². The Morgan fingerprint density at radius 3 is 2.25 bits per heavy atom. The zero-order valence-electron chi connectivity index (χ0n) is 17.3. The van der Waals surface area contributed by atoms with Crippen molar-refractivity contribution < 1.29 is 23.8 Å². The van der Waals surface area contributed by atoms with Gasteiger partial charge in [0.15, 0.2) is 6.61 Å². The van der Waals surface area contributed by atoms with Crippen molar-refractivity contribution in [3.05, 3.63) is 76.3 Å². The number of rotatable bonds is 8. The highest BCUT2D eigenvalue weighted by Crippen LogP contribution is 2.35. The Morgan fingerprint density at radius 1 is 0.844 bits per heavy atom. The van der Waals surface area contributed by atoms with Crippen LogP contribution in [-0.4, -0.2) is 32.6 Å².